The molecule has 106 valence electrons. The number of carboxylic acid groups (broad SMARTS) is 1. The van der Waals surface area contributed by atoms with Gasteiger partial charge in [-0.2, -0.15) is 0 Å². The first-order chi connectivity index (χ1) is 10.1. The Morgan fingerprint density at radius 3 is 2.76 bits per heavy atom. The topological polar surface area (TPSA) is 94.1 Å². The lowest BCUT2D eigenvalue weighted by Gasteiger charge is -2.02. The van der Waals surface area contributed by atoms with Gasteiger partial charge in [-0.1, -0.05) is 0 Å². The molecule has 6 heteroatoms. The normalized spacial score (nSPS) is 12.8. The molecule has 0 aromatic heterocycles. The third-order valence-electron chi connectivity index (χ3n) is 3.02. The van der Waals surface area contributed by atoms with Crippen LogP contribution in [0.4, 0.5) is 11.4 Å². The van der Waals surface area contributed by atoms with E-state index in [0.717, 1.165) is 5.56 Å². The maximum absolute atomic E-state index is 10.8. The molecular formula is C15H12N2O4. The Labute approximate surface area is 120 Å². The molecule has 2 aromatic rings. The fraction of sp³-hybridized carbons (Fsp3) is 0.0667. The van der Waals surface area contributed by atoms with Crippen molar-refractivity contribution in [2.75, 3.05) is 12.5 Å². The summed E-state index contributed by atoms with van der Waals surface area (Å²) in [6.07, 6.45) is 1.63. The lowest BCUT2D eigenvalue weighted by atomic mass is 10.1. The van der Waals surface area contributed by atoms with E-state index in [4.69, 9.17) is 20.3 Å². The van der Waals surface area contributed by atoms with E-state index >= 15 is 0 Å². The molecule has 1 aliphatic rings. The molecule has 1 aliphatic heterocycles. The maximum Gasteiger partial charge on any atom is 0.335 e. The predicted octanol–water partition coefficient (Wildman–Crippen LogP) is 2.45. The van der Waals surface area contributed by atoms with E-state index in [-0.39, 0.29) is 12.4 Å². The van der Waals surface area contributed by atoms with Gasteiger partial charge in [0.2, 0.25) is 6.79 Å². The molecule has 0 atom stereocenters. The maximum atomic E-state index is 10.8. The van der Waals surface area contributed by atoms with Crippen LogP contribution in [0.2, 0.25) is 0 Å². The van der Waals surface area contributed by atoms with Crippen LogP contribution in [0.5, 0.6) is 11.5 Å². The molecule has 21 heavy (non-hydrogen) atoms. The highest BCUT2D eigenvalue weighted by Crippen LogP contribution is 2.32. The number of ether oxygens (including phenoxy) is 2. The van der Waals surface area contributed by atoms with Gasteiger partial charge >= 0.3 is 5.97 Å². The van der Waals surface area contributed by atoms with Gasteiger partial charge in [0.1, 0.15) is 0 Å². The van der Waals surface area contributed by atoms with Crippen LogP contribution in [0.1, 0.15) is 15.9 Å². The number of aromatic carboxylic acids is 1. The number of hydrogen-bond donors (Lipinski definition) is 2. The molecule has 3 N–H and O–H groups in total. The average Bonchev–Trinajstić information content (AvgIpc) is 2.93. The van der Waals surface area contributed by atoms with Gasteiger partial charge in [0.15, 0.2) is 11.5 Å². The lowest BCUT2D eigenvalue weighted by Crippen LogP contribution is -1.97. The van der Waals surface area contributed by atoms with Crippen LogP contribution in [0.3, 0.4) is 0 Å². The SMILES string of the molecule is Nc1cc(C(=O)O)ccc1N=Cc1ccc2c(c1)OCO2. The minimum Gasteiger partial charge on any atom is -0.478 e. The summed E-state index contributed by atoms with van der Waals surface area (Å²) < 4.78 is 10.5. The van der Waals surface area contributed by atoms with Crippen LogP contribution in [-0.2, 0) is 0 Å². The van der Waals surface area contributed by atoms with Gasteiger partial charge in [-0.3, -0.25) is 4.99 Å². The summed E-state index contributed by atoms with van der Waals surface area (Å²) in [6, 6.07) is 9.88. The molecule has 6 nitrogen and oxygen atoms in total. The van der Waals surface area contributed by atoms with Crippen molar-refractivity contribution in [3.63, 3.8) is 0 Å². The quantitative estimate of drug-likeness (QED) is 0.667. The Bertz CT molecular complexity index is 740. The zero-order chi connectivity index (χ0) is 14.8. The van der Waals surface area contributed by atoms with Crippen molar-refractivity contribution in [3.8, 4) is 11.5 Å². The molecule has 0 radical (unpaired) electrons. The van der Waals surface area contributed by atoms with Crippen LogP contribution < -0.4 is 15.2 Å². The number of fused-ring (bicyclic) bond motifs is 1. The summed E-state index contributed by atoms with van der Waals surface area (Å²) in [5.41, 5.74) is 7.58. The zero-order valence-corrected chi connectivity index (χ0v) is 10.9. The highest BCUT2D eigenvalue weighted by atomic mass is 16.7. The van der Waals surface area contributed by atoms with E-state index in [2.05, 4.69) is 4.99 Å². The van der Waals surface area contributed by atoms with E-state index in [1.54, 1.807) is 18.3 Å². The summed E-state index contributed by atoms with van der Waals surface area (Å²) in [5, 5.41) is 8.88. The number of anilines is 1. The second kappa shape index (κ2) is 5.16. The van der Waals surface area contributed by atoms with Crippen molar-refractivity contribution in [1.82, 2.24) is 0 Å². The van der Waals surface area contributed by atoms with Crippen molar-refractivity contribution >= 4 is 23.6 Å². The molecule has 0 fully saturated rings. The molecule has 0 saturated heterocycles. The summed E-state index contributed by atoms with van der Waals surface area (Å²) in [4.78, 5) is 15.1. The first-order valence-corrected chi connectivity index (χ1v) is 6.20. The Morgan fingerprint density at radius 1 is 1.19 bits per heavy atom. The van der Waals surface area contributed by atoms with E-state index in [9.17, 15) is 4.79 Å². The first kappa shape index (κ1) is 13.0. The van der Waals surface area contributed by atoms with Gasteiger partial charge in [0.05, 0.1) is 16.9 Å². The minimum atomic E-state index is -1.02. The smallest absolute Gasteiger partial charge is 0.335 e. The van der Waals surface area contributed by atoms with E-state index < -0.39 is 5.97 Å². The summed E-state index contributed by atoms with van der Waals surface area (Å²) >= 11 is 0. The van der Waals surface area contributed by atoms with Gasteiger partial charge in [-0.25, -0.2) is 4.79 Å². The molecule has 0 saturated carbocycles. The number of rotatable bonds is 3. The molecule has 0 unspecified atom stereocenters. The van der Waals surface area contributed by atoms with Crippen molar-refractivity contribution in [3.05, 3.63) is 47.5 Å². The standard InChI is InChI=1S/C15H12N2O4/c16-11-6-10(15(18)19)2-3-12(11)17-7-9-1-4-13-14(5-9)21-8-20-13/h1-7H,8,16H2,(H,18,19). The highest BCUT2D eigenvalue weighted by Gasteiger charge is 2.12. The van der Waals surface area contributed by atoms with E-state index in [1.165, 1.54) is 12.1 Å². The summed E-state index contributed by atoms with van der Waals surface area (Å²) in [7, 11) is 0. The molecule has 3 rings (SSSR count). The van der Waals surface area contributed by atoms with Crippen LogP contribution in [0, 0.1) is 0 Å². The van der Waals surface area contributed by atoms with Crippen LogP contribution >= 0.6 is 0 Å². The fourth-order valence-electron chi connectivity index (χ4n) is 1.94. The second-order valence-electron chi connectivity index (χ2n) is 4.45. The van der Waals surface area contributed by atoms with Crippen molar-refractivity contribution in [2.24, 2.45) is 4.99 Å². The monoisotopic (exact) mass is 284 g/mol. The third kappa shape index (κ3) is 2.64. The van der Waals surface area contributed by atoms with Crippen molar-refractivity contribution < 1.29 is 19.4 Å². The number of carboxylic acids is 1. The van der Waals surface area contributed by atoms with Crippen LogP contribution in [0.15, 0.2) is 41.4 Å². The van der Waals surface area contributed by atoms with Crippen molar-refractivity contribution in [1.29, 1.82) is 0 Å². The van der Waals surface area contributed by atoms with Crippen LogP contribution in [-0.4, -0.2) is 24.1 Å². The highest BCUT2D eigenvalue weighted by molar-refractivity contribution is 5.91. The third-order valence-corrected chi connectivity index (χ3v) is 3.02. The number of aliphatic imine (C=N–C) groups is 1. The van der Waals surface area contributed by atoms with E-state index in [1.807, 2.05) is 12.1 Å². The average molecular weight is 284 g/mol. The largest absolute Gasteiger partial charge is 0.478 e. The number of benzene rings is 2. The molecular weight excluding hydrogens is 272 g/mol. The first-order valence-electron chi connectivity index (χ1n) is 6.20. The minimum absolute atomic E-state index is 0.134. The molecule has 0 spiro atoms. The molecule has 0 aliphatic carbocycles. The number of hydrogen-bond acceptors (Lipinski definition) is 5. The number of nitrogens with two attached hydrogens (primary N) is 1. The van der Waals surface area contributed by atoms with Gasteiger partial charge in [0, 0.05) is 6.21 Å². The van der Waals surface area contributed by atoms with Gasteiger partial charge in [0.25, 0.3) is 0 Å². The predicted molar refractivity (Wildman–Crippen MR) is 77.6 cm³/mol. The Kier molecular flexibility index (Phi) is 3.19. The molecule has 1 heterocycles. The Balaban J connectivity index is 1.84. The zero-order valence-electron chi connectivity index (χ0n) is 10.9. The van der Waals surface area contributed by atoms with Gasteiger partial charge in [-0.15, -0.1) is 0 Å². The lowest BCUT2D eigenvalue weighted by molar-refractivity contribution is 0.0697. The number of nitrogen functional groups attached to an aromatic ring is 1. The fourth-order valence-corrected chi connectivity index (χ4v) is 1.94. The summed E-state index contributed by atoms with van der Waals surface area (Å²) in [6.45, 7) is 0.222. The second-order valence-corrected chi connectivity index (χ2v) is 4.45. The summed E-state index contributed by atoms with van der Waals surface area (Å²) in [5.74, 6) is 0.360. The Morgan fingerprint density at radius 2 is 2.00 bits per heavy atom. The van der Waals surface area contributed by atoms with Gasteiger partial charge in [-0.05, 0) is 42.0 Å². The van der Waals surface area contributed by atoms with Crippen LogP contribution in [0.25, 0.3) is 0 Å². The van der Waals surface area contributed by atoms with E-state index in [0.29, 0.717) is 22.9 Å². The molecule has 0 amide bonds. The number of nitrogens with zero attached hydrogens (tertiary/aromatic N) is 1. The van der Waals surface area contributed by atoms with Crippen molar-refractivity contribution in [2.45, 2.75) is 0 Å². The molecule has 2 aromatic carbocycles. The molecule has 0 bridgehead atoms. The number of carbonyl (C=O) groups is 1. The van der Waals surface area contributed by atoms with Gasteiger partial charge < -0.3 is 20.3 Å². The Hall–Kier alpha value is -3.02.